The van der Waals surface area contributed by atoms with Crippen LogP contribution in [0.5, 0.6) is 0 Å². The number of pyridine rings is 1. The molecule has 0 spiro atoms. The first-order chi connectivity index (χ1) is 5.11. The molecule has 0 N–H and O–H groups in total. The van der Waals surface area contributed by atoms with Crippen LogP contribution in [0, 0.1) is 24.0 Å². The minimum absolute atomic E-state index is 0.0897. The first-order valence-electron chi connectivity index (χ1n) is 3.20. The van der Waals surface area contributed by atoms with Crippen molar-refractivity contribution in [1.82, 2.24) is 4.98 Å². The molecule has 4 nitrogen and oxygen atoms in total. The Labute approximate surface area is 64.0 Å². The topological polar surface area (TPSA) is 56.0 Å². The average Bonchev–Trinajstić information content (AvgIpc) is 1.94. The van der Waals surface area contributed by atoms with E-state index in [0.29, 0.717) is 5.69 Å². The predicted molar refractivity (Wildman–Crippen MR) is 40.4 cm³/mol. The van der Waals surface area contributed by atoms with Gasteiger partial charge in [0, 0.05) is 13.0 Å². The third kappa shape index (κ3) is 1.52. The van der Waals surface area contributed by atoms with Crippen LogP contribution in [0.15, 0.2) is 12.1 Å². The zero-order chi connectivity index (χ0) is 8.43. The molecule has 0 aromatic carbocycles. The number of aromatic nitrogens is 1. The van der Waals surface area contributed by atoms with Gasteiger partial charge < -0.3 is 10.1 Å². The zero-order valence-electron chi connectivity index (χ0n) is 6.37. The molecule has 11 heavy (non-hydrogen) atoms. The molecule has 0 amide bonds. The van der Waals surface area contributed by atoms with Gasteiger partial charge >= 0.3 is 5.82 Å². The Hall–Kier alpha value is -1.45. The number of nitro groups is 1. The van der Waals surface area contributed by atoms with Gasteiger partial charge in [-0.25, -0.2) is 0 Å². The van der Waals surface area contributed by atoms with Crippen molar-refractivity contribution in [2.75, 3.05) is 0 Å². The third-order valence-electron chi connectivity index (χ3n) is 1.52. The highest BCUT2D eigenvalue weighted by molar-refractivity contribution is 5.27. The van der Waals surface area contributed by atoms with E-state index in [9.17, 15) is 10.1 Å². The summed E-state index contributed by atoms with van der Waals surface area (Å²) in [7, 11) is 0. The lowest BCUT2D eigenvalue weighted by Gasteiger charge is -1.94. The highest BCUT2D eigenvalue weighted by Crippen LogP contribution is 2.10. The van der Waals surface area contributed by atoms with Crippen molar-refractivity contribution in [1.29, 1.82) is 0 Å². The molecule has 4 heteroatoms. The minimum atomic E-state index is -0.494. The smallest absolute Gasteiger partial charge is 0.358 e. The quantitative estimate of drug-likeness (QED) is 0.453. The summed E-state index contributed by atoms with van der Waals surface area (Å²) in [6.07, 6.45) is 0. The van der Waals surface area contributed by atoms with Crippen molar-refractivity contribution >= 4 is 5.82 Å². The molecule has 0 aliphatic rings. The van der Waals surface area contributed by atoms with Crippen LogP contribution in [0.4, 0.5) is 5.82 Å². The third-order valence-corrected chi connectivity index (χ3v) is 1.52. The molecule has 0 saturated heterocycles. The summed E-state index contributed by atoms with van der Waals surface area (Å²) in [5.74, 6) is -0.0897. The highest BCUT2D eigenvalue weighted by Gasteiger charge is 2.07. The van der Waals surface area contributed by atoms with Gasteiger partial charge in [-0.15, -0.1) is 0 Å². The molecule has 1 aromatic rings. The van der Waals surface area contributed by atoms with Gasteiger partial charge in [0.1, 0.15) is 0 Å². The summed E-state index contributed by atoms with van der Waals surface area (Å²) in [6.45, 7) is 3.62. The van der Waals surface area contributed by atoms with Crippen molar-refractivity contribution in [2.24, 2.45) is 0 Å². The number of rotatable bonds is 1. The van der Waals surface area contributed by atoms with Gasteiger partial charge in [0.15, 0.2) is 5.69 Å². The fraction of sp³-hybridized carbons (Fsp3) is 0.286. The molecule has 1 aromatic heterocycles. The van der Waals surface area contributed by atoms with Crippen molar-refractivity contribution in [2.45, 2.75) is 13.8 Å². The molecular weight excluding hydrogens is 144 g/mol. The van der Waals surface area contributed by atoms with Crippen LogP contribution in [0.2, 0.25) is 0 Å². The van der Waals surface area contributed by atoms with Crippen molar-refractivity contribution in [3.05, 3.63) is 33.5 Å². The lowest BCUT2D eigenvalue weighted by Crippen LogP contribution is -1.94. The summed E-state index contributed by atoms with van der Waals surface area (Å²) < 4.78 is 0. The molecule has 0 aliphatic heterocycles. The normalized spacial score (nSPS) is 9.64. The molecule has 1 rings (SSSR count). The molecule has 1 heterocycles. The largest absolute Gasteiger partial charge is 0.363 e. The molecule has 0 radical (unpaired) electrons. The van der Waals surface area contributed by atoms with E-state index in [2.05, 4.69) is 4.98 Å². The van der Waals surface area contributed by atoms with Gasteiger partial charge in [-0.2, -0.15) is 0 Å². The van der Waals surface area contributed by atoms with Gasteiger partial charge in [0.05, 0.1) is 0 Å². The maximum Gasteiger partial charge on any atom is 0.363 e. The first-order valence-corrected chi connectivity index (χ1v) is 3.20. The second-order valence-electron chi connectivity index (χ2n) is 2.33. The molecule has 58 valence electrons. The van der Waals surface area contributed by atoms with E-state index in [-0.39, 0.29) is 5.82 Å². The number of nitrogens with zero attached hydrogens (tertiary/aromatic N) is 2. The fourth-order valence-electron chi connectivity index (χ4n) is 0.719. The number of hydrogen-bond donors (Lipinski definition) is 0. The number of hydrogen-bond acceptors (Lipinski definition) is 3. The monoisotopic (exact) mass is 152 g/mol. The van der Waals surface area contributed by atoms with E-state index in [1.807, 2.05) is 6.92 Å². The van der Waals surface area contributed by atoms with Crippen LogP contribution in [0.25, 0.3) is 0 Å². The maximum atomic E-state index is 10.2. The van der Waals surface area contributed by atoms with Crippen LogP contribution in [0.1, 0.15) is 11.3 Å². The minimum Gasteiger partial charge on any atom is -0.358 e. The van der Waals surface area contributed by atoms with E-state index in [1.54, 1.807) is 13.0 Å². The van der Waals surface area contributed by atoms with Crippen molar-refractivity contribution in [3.63, 3.8) is 0 Å². The molecular formula is C7H8N2O2. The maximum absolute atomic E-state index is 10.2. The Balaban J connectivity index is 3.15. The summed E-state index contributed by atoms with van der Waals surface area (Å²) in [5.41, 5.74) is 1.68. The standard InChI is InChI=1S/C7H8N2O2/c1-5-3-4-7(9(10)11)8-6(5)2/h3-4H,1-2H3. The highest BCUT2D eigenvalue weighted by atomic mass is 16.6. The van der Waals surface area contributed by atoms with Crippen LogP contribution >= 0.6 is 0 Å². The lowest BCUT2D eigenvalue weighted by atomic mass is 10.2. The van der Waals surface area contributed by atoms with Crippen molar-refractivity contribution in [3.8, 4) is 0 Å². The molecule has 0 saturated carbocycles. The van der Waals surface area contributed by atoms with E-state index in [0.717, 1.165) is 5.56 Å². The lowest BCUT2D eigenvalue weighted by molar-refractivity contribution is -0.389. The molecule has 0 atom stereocenters. The predicted octanol–water partition coefficient (Wildman–Crippen LogP) is 1.61. The Morgan fingerprint density at radius 2 is 2.09 bits per heavy atom. The Morgan fingerprint density at radius 1 is 1.45 bits per heavy atom. The van der Waals surface area contributed by atoms with Crippen LogP contribution < -0.4 is 0 Å². The Morgan fingerprint density at radius 3 is 2.55 bits per heavy atom. The van der Waals surface area contributed by atoms with Gasteiger partial charge in [-0.05, 0) is 28.5 Å². The summed E-state index contributed by atoms with van der Waals surface area (Å²) in [5, 5.41) is 10.2. The van der Waals surface area contributed by atoms with E-state index < -0.39 is 4.92 Å². The molecule has 0 bridgehead atoms. The van der Waals surface area contributed by atoms with Crippen LogP contribution in [-0.4, -0.2) is 9.91 Å². The molecule has 0 fully saturated rings. The van der Waals surface area contributed by atoms with E-state index in [4.69, 9.17) is 0 Å². The SMILES string of the molecule is Cc1ccc([N+](=O)[O-])nc1C. The van der Waals surface area contributed by atoms with Gasteiger partial charge in [0.25, 0.3) is 0 Å². The second kappa shape index (κ2) is 2.65. The van der Waals surface area contributed by atoms with E-state index in [1.165, 1.54) is 6.07 Å². The van der Waals surface area contributed by atoms with Gasteiger partial charge in [-0.3, -0.25) is 0 Å². The van der Waals surface area contributed by atoms with Crippen molar-refractivity contribution < 1.29 is 4.92 Å². The summed E-state index contributed by atoms with van der Waals surface area (Å²) in [4.78, 5) is 13.5. The first kappa shape index (κ1) is 7.65. The van der Waals surface area contributed by atoms with Gasteiger partial charge in [0.2, 0.25) is 0 Å². The Kier molecular flexibility index (Phi) is 1.85. The zero-order valence-corrected chi connectivity index (χ0v) is 6.37. The van der Waals surface area contributed by atoms with E-state index >= 15 is 0 Å². The second-order valence-corrected chi connectivity index (χ2v) is 2.33. The van der Waals surface area contributed by atoms with Crippen LogP contribution in [-0.2, 0) is 0 Å². The molecule has 0 aliphatic carbocycles. The van der Waals surface area contributed by atoms with Crippen LogP contribution in [0.3, 0.4) is 0 Å². The van der Waals surface area contributed by atoms with Gasteiger partial charge in [-0.1, -0.05) is 0 Å². The average molecular weight is 152 g/mol. The number of aryl methyl sites for hydroxylation is 2. The summed E-state index contributed by atoms with van der Waals surface area (Å²) in [6, 6.07) is 3.10. The fourth-order valence-corrected chi connectivity index (χ4v) is 0.719. The molecule has 0 unspecified atom stereocenters. The summed E-state index contributed by atoms with van der Waals surface area (Å²) >= 11 is 0. The Bertz CT molecular complexity index is 296.